The van der Waals surface area contributed by atoms with Crippen molar-refractivity contribution in [2.45, 2.75) is 51.3 Å². The van der Waals surface area contributed by atoms with Crippen molar-refractivity contribution in [2.75, 3.05) is 13.7 Å². The van der Waals surface area contributed by atoms with E-state index in [2.05, 4.69) is 22.3 Å². The number of ether oxygens (including phenoxy) is 1. The quantitative estimate of drug-likeness (QED) is 0.713. The van der Waals surface area contributed by atoms with E-state index in [0.29, 0.717) is 11.8 Å². The van der Waals surface area contributed by atoms with Crippen LogP contribution in [0.25, 0.3) is 10.8 Å². The van der Waals surface area contributed by atoms with Crippen LogP contribution >= 0.6 is 0 Å². The fraction of sp³-hybridized carbons (Fsp3) is 0.550. The molecule has 5 heteroatoms. The summed E-state index contributed by atoms with van der Waals surface area (Å²) in [5.41, 5.74) is 1.17. The standard InChI is InChI=1S/C20H28N2O2S/c1-6-22(25(23)20(2,3)4)18(14-11-12-14)17-13-21-19(24-5)16-10-8-7-9-15(16)17/h7-10,13-14,18H,6,11-12H2,1-5H3/t18-,25-/m1/s1. The molecular weight excluding hydrogens is 332 g/mol. The Morgan fingerprint density at radius 1 is 1.28 bits per heavy atom. The molecule has 0 radical (unpaired) electrons. The number of methoxy groups -OCH3 is 1. The number of pyridine rings is 1. The minimum absolute atomic E-state index is 0.133. The van der Waals surface area contributed by atoms with Crippen LogP contribution in [0.15, 0.2) is 30.5 Å². The maximum absolute atomic E-state index is 13.2. The van der Waals surface area contributed by atoms with Gasteiger partial charge >= 0.3 is 0 Å². The van der Waals surface area contributed by atoms with Crippen molar-refractivity contribution in [3.63, 3.8) is 0 Å². The molecule has 3 rings (SSSR count). The largest absolute Gasteiger partial charge is 0.597 e. The molecule has 1 aromatic carbocycles. The lowest BCUT2D eigenvalue weighted by molar-refractivity contribution is 0.299. The monoisotopic (exact) mass is 360 g/mol. The van der Waals surface area contributed by atoms with Crippen LogP contribution in [0.5, 0.6) is 5.88 Å². The Bertz CT molecular complexity index is 740. The van der Waals surface area contributed by atoms with Crippen LogP contribution in [-0.4, -0.2) is 32.2 Å². The number of nitrogens with zero attached hydrogens (tertiary/aromatic N) is 2. The minimum atomic E-state index is -1.06. The Kier molecular flexibility index (Phi) is 5.28. The van der Waals surface area contributed by atoms with Crippen molar-refractivity contribution in [1.29, 1.82) is 0 Å². The molecule has 136 valence electrons. The normalized spacial score (nSPS) is 17.7. The molecule has 25 heavy (non-hydrogen) atoms. The predicted octanol–water partition coefficient (Wildman–Crippen LogP) is 4.48. The van der Waals surface area contributed by atoms with Crippen molar-refractivity contribution >= 4 is 22.1 Å². The Labute approximate surface area is 153 Å². The van der Waals surface area contributed by atoms with E-state index in [9.17, 15) is 4.55 Å². The number of fused-ring (bicyclic) bond motifs is 1. The van der Waals surface area contributed by atoms with Crippen LogP contribution in [0.1, 0.15) is 52.1 Å². The highest BCUT2D eigenvalue weighted by Crippen LogP contribution is 2.48. The van der Waals surface area contributed by atoms with Gasteiger partial charge in [0.2, 0.25) is 5.88 Å². The second kappa shape index (κ2) is 7.14. The van der Waals surface area contributed by atoms with Crippen molar-refractivity contribution in [2.24, 2.45) is 5.92 Å². The molecule has 0 amide bonds. The fourth-order valence-corrected chi connectivity index (χ4v) is 4.84. The third-order valence-corrected chi connectivity index (χ3v) is 6.69. The van der Waals surface area contributed by atoms with Gasteiger partial charge in [-0.1, -0.05) is 18.2 Å². The maximum atomic E-state index is 13.2. The number of hydrogen-bond acceptors (Lipinski definition) is 4. The van der Waals surface area contributed by atoms with Gasteiger partial charge in [-0.25, -0.2) is 4.98 Å². The van der Waals surface area contributed by atoms with Crippen LogP contribution in [0.3, 0.4) is 0 Å². The van der Waals surface area contributed by atoms with Crippen molar-refractivity contribution in [3.05, 3.63) is 36.0 Å². The van der Waals surface area contributed by atoms with E-state index in [1.807, 2.05) is 45.2 Å². The second-order valence-electron chi connectivity index (χ2n) is 7.65. The summed E-state index contributed by atoms with van der Waals surface area (Å²) in [5, 5.41) is 2.17. The highest BCUT2D eigenvalue weighted by Gasteiger charge is 2.45. The van der Waals surface area contributed by atoms with Gasteiger partial charge < -0.3 is 9.29 Å². The molecule has 2 aromatic rings. The van der Waals surface area contributed by atoms with Gasteiger partial charge in [-0.3, -0.25) is 0 Å². The highest BCUT2D eigenvalue weighted by atomic mass is 32.2. The summed E-state index contributed by atoms with van der Waals surface area (Å²) in [5.74, 6) is 1.19. The fourth-order valence-electron chi connectivity index (χ4n) is 3.41. The summed E-state index contributed by atoms with van der Waals surface area (Å²) in [6, 6.07) is 8.36. The number of benzene rings is 1. The van der Waals surface area contributed by atoms with Crippen LogP contribution in [0.4, 0.5) is 0 Å². The number of aromatic nitrogens is 1. The molecule has 2 atom stereocenters. The molecule has 0 saturated heterocycles. The third-order valence-electron chi connectivity index (χ3n) is 4.73. The lowest BCUT2D eigenvalue weighted by Crippen LogP contribution is -2.45. The predicted molar refractivity (Wildman–Crippen MR) is 104 cm³/mol. The highest BCUT2D eigenvalue weighted by molar-refractivity contribution is 7.90. The van der Waals surface area contributed by atoms with Gasteiger partial charge in [0, 0.05) is 35.1 Å². The molecule has 0 unspecified atom stereocenters. The van der Waals surface area contributed by atoms with Crippen molar-refractivity contribution in [3.8, 4) is 5.88 Å². The summed E-state index contributed by atoms with van der Waals surface area (Å²) in [4.78, 5) is 4.55. The molecule has 0 aliphatic heterocycles. The zero-order valence-electron chi connectivity index (χ0n) is 15.8. The molecule has 1 saturated carbocycles. The Balaban J connectivity index is 2.12. The van der Waals surface area contributed by atoms with E-state index in [4.69, 9.17) is 4.74 Å². The summed E-state index contributed by atoms with van der Waals surface area (Å²) in [7, 11) is 1.65. The summed E-state index contributed by atoms with van der Waals surface area (Å²) < 4.78 is 20.5. The minimum Gasteiger partial charge on any atom is -0.597 e. The average molecular weight is 361 g/mol. The molecule has 1 fully saturated rings. The topological polar surface area (TPSA) is 48.4 Å². The van der Waals surface area contributed by atoms with E-state index < -0.39 is 11.4 Å². The third kappa shape index (κ3) is 3.64. The average Bonchev–Trinajstić information content (AvgIpc) is 3.42. The summed E-state index contributed by atoms with van der Waals surface area (Å²) in [6.45, 7) is 8.98. The van der Waals surface area contributed by atoms with Crippen LogP contribution in [-0.2, 0) is 11.4 Å². The van der Waals surface area contributed by atoms with Gasteiger partial charge in [-0.15, -0.1) is 4.31 Å². The van der Waals surface area contributed by atoms with E-state index in [1.54, 1.807) is 7.11 Å². The van der Waals surface area contributed by atoms with Gasteiger partial charge in [0.15, 0.2) is 0 Å². The first-order valence-corrected chi connectivity index (χ1v) is 10.1. The first-order valence-electron chi connectivity index (χ1n) is 8.98. The SMILES string of the molecule is CCN([C@@H](c1cnc(OC)c2ccccc12)C1CC1)[S@+]([O-])C(C)(C)C. The van der Waals surface area contributed by atoms with Crippen LogP contribution < -0.4 is 4.74 Å². The number of rotatable bonds is 6. The maximum Gasteiger partial charge on any atom is 0.221 e. The van der Waals surface area contributed by atoms with Crippen molar-refractivity contribution in [1.82, 2.24) is 9.29 Å². The van der Waals surface area contributed by atoms with Gasteiger partial charge in [0.1, 0.15) is 4.75 Å². The first kappa shape index (κ1) is 18.5. The molecule has 4 nitrogen and oxygen atoms in total. The number of hydrogen-bond donors (Lipinski definition) is 0. The summed E-state index contributed by atoms with van der Waals surface area (Å²) in [6.07, 6.45) is 4.29. The van der Waals surface area contributed by atoms with Crippen molar-refractivity contribution < 1.29 is 9.29 Å². The van der Waals surface area contributed by atoms with E-state index in [-0.39, 0.29) is 10.8 Å². The molecule has 0 spiro atoms. The van der Waals surface area contributed by atoms with E-state index >= 15 is 0 Å². The molecule has 0 bridgehead atoms. The molecule has 1 heterocycles. The van der Waals surface area contributed by atoms with Gasteiger partial charge in [0.05, 0.1) is 13.2 Å². The summed E-state index contributed by atoms with van der Waals surface area (Å²) >= 11 is -1.06. The van der Waals surface area contributed by atoms with Gasteiger partial charge in [-0.05, 0) is 57.9 Å². The molecule has 1 aromatic heterocycles. The van der Waals surface area contributed by atoms with Crippen LogP contribution in [0.2, 0.25) is 0 Å². The van der Waals surface area contributed by atoms with Gasteiger partial charge in [-0.2, -0.15) is 0 Å². The van der Waals surface area contributed by atoms with E-state index in [0.717, 1.165) is 17.3 Å². The zero-order valence-corrected chi connectivity index (χ0v) is 16.6. The molecular formula is C20H28N2O2S. The molecule has 1 aliphatic carbocycles. The second-order valence-corrected chi connectivity index (χ2v) is 9.84. The lowest BCUT2D eigenvalue weighted by Gasteiger charge is -2.37. The Hall–Kier alpha value is -1.30. The first-order chi connectivity index (χ1) is 11.9. The smallest absolute Gasteiger partial charge is 0.221 e. The lowest BCUT2D eigenvalue weighted by atomic mass is 9.98. The molecule has 1 aliphatic rings. The Morgan fingerprint density at radius 2 is 1.92 bits per heavy atom. The molecule has 0 N–H and O–H groups in total. The Morgan fingerprint density at radius 3 is 2.44 bits per heavy atom. The van der Waals surface area contributed by atoms with E-state index in [1.165, 1.54) is 18.4 Å². The zero-order chi connectivity index (χ0) is 18.2. The van der Waals surface area contributed by atoms with Crippen LogP contribution in [0, 0.1) is 5.92 Å². The van der Waals surface area contributed by atoms with Gasteiger partial charge in [0.25, 0.3) is 0 Å².